The molecular weight excluding hydrogens is 178 g/mol. The maximum atomic E-state index is 10.6. The van der Waals surface area contributed by atoms with Crippen LogP contribution < -0.4 is 0 Å². The summed E-state index contributed by atoms with van der Waals surface area (Å²) in [4.78, 5) is 13.0. The standard InChI is InChI=1S/C11H21NO2/c1-3-12-8-4-5-11(14-2,6-9-12)7-10-13/h10H,3-9H2,1-2H3. The van der Waals surface area contributed by atoms with Crippen LogP contribution in [0.5, 0.6) is 0 Å². The Morgan fingerprint density at radius 2 is 2.21 bits per heavy atom. The zero-order valence-corrected chi connectivity index (χ0v) is 9.29. The van der Waals surface area contributed by atoms with Crippen molar-refractivity contribution in [3.63, 3.8) is 0 Å². The van der Waals surface area contributed by atoms with Gasteiger partial charge in [0.15, 0.2) is 0 Å². The van der Waals surface area contributed by atoms with E-state index in [2.05, 4.69) is 11.8 Å². The Kier molecular flexibility index (Phi) is 4.55. The van der Waals surface area contributed by atoms with Crippen LogP contribution in [0.1, 0.15) is 32.6 Å². The molecule has 0 saturated carbocycles. The van der Waals surface area contributed by atoms with Gasteiger partial charge in [0.2, 0.25) is 0 Å². The number of carbonyl (C=O) groups excluding carboxylic acids is 1. The summed E-state index contributed by atoms with van der Waals surface area (Å²) in [5.74, 6) is 0. The molecule has 3 nitrogen and oxygen atoms in total. The molecule has 1 aliphatic heterocycles. The van der Waals surface area contributed by atoms with E-state index in [4.69, 9.17) is 4.74 Å². The van der Waals surface area contributed by atoms with Gasteiger partial charge in [0.25, 0.3) is 0 Å². The molecule has 0 spiro atoms. The maximum Gasteiger partial charge on any atom is 0.122 e. The lowest BCUT2D eigenvalue weighted by Crippen LogP contribution is -2.33. The first-order chi connectivity index (χ1) is 6.76. The van der Waals surface area contributed by atoms with Gasteiger partial charge in [-0.15, -0.1) is 0 Å². The Balaban J connectivity index is 2.56. The van der Waals surface area contributed by atoms with Crippen molar-refractivity contribution in [1.82, 2.24) is 4.90 Å². The number of carbonyl (C=O) groups is 1. The number of hydrogen-bond donors (Lipinski definition) is 0. The third kappa shape index (κ3) is 2.79. The van der Waals surface area contributed by atoms with Gasteiger partial charge in [-0.2, -0.15) is 0 Å². The summed E-state index contributed by atoms with van der Waals surface area (Å²) in [6, 6.07) is 0. The van der Waals surface area contributed by atoms with Gasteiger partial charge in [0, 0.05) is 20.1 Å². The van der Waals surface area contributed by atoms with Crippen molar-refractivity contribution in [2.45, 2.75) is 38.2 Å². The second kappa shape index (κ2) is 5.47. The highest BCUT2D eigenvalue weighted by Crippen LogP contribution is 2.28. The average Bonchev–Trinajstić information content (AvgIpc) is 2.42. The Labute approximate surface area is 86.4 Å². The first-order valence-corrected chi connectivity index (χ1v) is 5.47. The summed E-state index contributed by atoms with van der Waals surface area (Å²) in [6.45, 7) is 5.47. The molecule has 0 aromatic rings. The summed E-state index contributed by atoms with van der Waals surface area (Å²) in [6.07, 6.45) is 4.66. The van der Waals surface area contributed by atoms with Crippen LogP contribution in [0, 0.1) is 0 Å². The van der Waals surface area contributed by atoms with E-state index in [-0.39, 0.29) is 5.60 Å². The maximum absolute atomic E-state index is 10.6. The second-order valence-electron chi connectivity index (χ2n) is 4.05. The van der Waals surface area contributed by atoms with Crippen LogP contribution in [-0.2, 0) is 9.53 Å². The lowest BCUT2D eigenvalue weighted by molar-refractivity contribution is -0.114. The number of nitrogens with zero attached hydrogens (tertiary/aromatic N) is 1. The third-order valence-electron chi connectivity index (χ3n) is 3.33. The summed E-state index contributed by atoms with van der Waals surface area (Å²) < 4.78 is 5.53. The molecule has 0 bridgehead atoms. The number of rotatable bonds is 4. The SMILES string of the molecule is CCN1CCCC(CC=O)(OC)CC1. The molecule has 14 heavy (non-hydrogen) atoms. The zero-order chi connectivity index (χ0) is 10.4. The van der Waals surface area contributed by atoms with Gasteiger partial charge in [0.1, 0.15) is 6.29 Å². The smallest absolute Gasteiger partial charge is 0.122 e. The lowest BCUT2D eigenvalue weighted by atomic mass is 9.91. The van der Waals surface area contributed by atoms with Crippen molar-refractivity contribution in [2.24, 2.45) is 0 Å². The van der Waals surface area contributed by atoms with Gasteiger partial charge in [0.05, 0.1) is 5.60 Å². The minimum absolute atomic E-state index is 0.175. The van der Waals surface area contributed by atoms with Crippen LogP contribution in [0.4, 0.5) is 0 Å². The lowest BCUT2D eigenvalue weighted by Gasteiger charge is -2.29. The van der Waals surface area contributed by atoms with Crippen molar-refractivity contribution >= 4 is 6.29 Å². The fourth-order valence-corrected chi connectivity index (χ4v) is 2.18. The summed E-state index contributed by atoms with van der Waals surface area (Å²) in [5, 5.41) is 0. The molecule has 1 aliphatic rings. The van der Waals surface area contributed by atoms with Crippen LogP contribution in [-0.4, -0.2) is 43.5 Å². The monoisotopic (exact) mass is 199 g/mol. The molecule has 1 heterocycles. The predicted octanol–water partition coefficient (Wildman–Crippen LogP) is 1.47. The van der Waals surface area contributed by atoms with Crippen LogP contribution in [0.25, 0.3) is 0 Å². The number of ether oxygens (including phenoxy) is 1. The Hall–Kier alpha value is -0.410. The molecule has 0 aromatic carbocycles. The van der Waals surface area contributed by atoms with Gasteiger partial charge in [-0.05, 0) is 32.4 Å². The molecule has 0 amide bonds. The van der Waals surface area contributed by atoms with E-state index < -0.39 is 0 Å². The normalized spacial score (nSPS) is 29.9. The zero-order valence-electron chi connectivity index (χ0n) is 9.29. The summed E-state index contributed by atoms with van der Waals surface area (Å²) >= 11 is 0. The fourth-order valence-electron chi connectivity index (χ4n) is 2.18. The third-order valence-corrected chi connectivity index (χ3v) is 3.33. The highest BCUT2D eigenvalue weighted by atomic mass is 16.5. The molecular formula is C11H21NO2. The van der Waals surface area contributed by atoms with E-state index in [9.17, 15) is 4.79 Å². The van der Waals surface area contributed by atoms with Gasteiger partial charge in [-0.1, -0.05) is 6.92 Å². The van der Waals surface area contributed by atoms with Crippen molar-refractivity contribution in [2.75, 3.05) is 26.7 Å². The Morgan fingerprint density at radius 1 is 1.43 bits per heavy atom. The number of methoxy groups -OCH3 is 1. The first-order valence-electron chi connectivity index (χ1n) is 5.47. The number of likely N-dealkylation sites (tertiary alicyclic amines) is 1. The van der Waals surface area contributed by atoms with Crippen molar-refractivity contribution in [3.8, 4) is 0 Å². The topological polar surface area (TPSA) is 29.5 Å². The number of aldehydes is 1. The van der Waals surface area contributed by atoms with Gasteiger partial charge < -0.3 is 14.4 Å². The highest BCUT2D eigenvalue weighted by Gasteiger charge is 2.31. The van der Waals surface area contributed by atoms with E-state index in [1.807, 2.05) is 0 Å². The number of hydrogen-bond acceptors (Lipinski definition) is 3. The van der Waals surface area contributed by atoms with E-state index in [1.54, 1.807) is 7.11 Å². The first kappa shape index (κ1) is 11.7. The highest BCUT2D eigenvalue weighted by molar-refractivity contribution is 5.51. The quantitative estimate of drug-likeness (QED) is 0.642. The molecule has 1 saturated heterocycles. The molecule has 0 N–H and O–H groups in total. The van der Waals surface area contributed by atoms with Gasteiger partial charge in [-0.25, -0.2) is 0 Å². The molecule has 1 atom stereocenters. The predicted molar refractivity (Wildman–Crippen MR) is 56.4 cm³/mol. The largest absolute Gasteiger partial charge is 0.378 e. The van der Waals surface area contributed by atoms with E-state index in [0.29, 0.717) is 6.42 Å². The fraction of sp³-hybridized carbons (Fsp3) is 0.909. The Bertz CT molecular complexity index is 184. The van der Waals surface area contributed by atoms with E-state index >= 15 is 0 Å². The average molecular weight is 199 g/mol. The van der Waals surface area contributed by atoms with E-state index in [1.165, 1.54) is 0 Å². The molecule has 0 aliphatic carbocycles. The molecule has 82 valence electrons. The van der Waals surface area contributed by atoms with Crippen LogP contribution in [0.2, 0.25) is 0 Å². The van der Waals surface area contributed by atoms with Crippen molar-refractivity contribution < 1.29 is 9.53 Å². The molecule has 1 fully saturated rings. The van der Waals surface area contributed by atoms with Crippen LogP contribution >= 0.6 is 0 Å². The molecule has 1 rings (SSSR count). The molecule has 1 unspecified atom stereocenters. The van der Waals surface area contributed by atoms with Crippen molar-refractivity contribution in [3.05, 3.63) is 0 Å². The van der Waals surface area contributed by atoms with Crippen molar-refractivity contribution in [1.29, 1.82) is 0 Å². The molecule has 0 aromatic heterocycles. The van der Waals surface area contributed by atoms with Crippen LogP contribution in [0.15, 0.2) is 0 Å². The minimum Gasteiger partial charge on any atom is -0.378 e. The molecule has 0 radical (unpaired) electrons. The Morgan fingerprint density at radius 3 is 2.79 bits per heavy atom. The summed E-state index contributed by atoms with van der Waals surface area (Å²) in [5.41, 5.74) is -0.175. The molecule has 3 heteroatoms. The van der Waals surface area contributed by atoms with Gasteiger partial charge in [-0.3, -0.25) is 0 Å². The van der Waals surface area contributed by atoms with E-state index in [0.717, 1.165) is 45.2 Å². The summed E-state index contributed by atoms with van der Waals surface area (Å²) in [7, 11) is 1.73. The second-order valence-corrected chi connectivity index (χ2v) is 4.05. The minimum atomic E-state index is -0.175. The van der Waals surface area contributed by atoms with Crippen LogP contribution in [0.3, 0.4) is 0 Å². The van der Waals surface area contributed by atoms with Gasteiger partial charge >= 0.3 is 0 Å².